The maximum atomic E-state index is 12.6. The van der Waals surface area contributed by atoms with Crippen molar-refractivity contribution >= 4 is 67.0 Å². The molecule has 0 aromatic carbocycles. The van der Waals surface area contributed by atoms with Gasteiger partial charge < -0.3 is 0 Å². The zero-order valence-corrected chi connectivity index (χ0v) is 14.1. The van der Waals surface area contributed by atoms with Crippen molar-refractivity contribution in [1.82, 2.24) is 4.90 Å². The Kier molecular flexibility index (Phi) is 2.90. The molecule has 4 aliphatic heterocycles. The van der Waals surface area contributed by atoms with Gasteiger partial charge in [0.25, 0.3) is 0 Å². The molecule has 0 aromatic heterocycles. The van der Waals surface area contributed by atoms with Crippen LogP contribution in [0.15, 0.2) is 25.3 Å². The lowest BCUT2D eigenvalue weighted by Crippen LogP contribution is -2.50. The van der Waals surface area contributed by atoms with Crippen molar-refractivity contribution in [3.63, 3.8) is 0 Å². The van der Waals surface area contributed by atoms with E-state index in [-0.39, 0.29) is 77.1 Å². The van der Waals surface area contributed by atoms with E-state index in [0.29, 0.717) is 5.84 Å². The van der Waals surface area contributed by atoms with Gasteiger partial charge in [0, 0.05) is 0 Å². The van der Waals surface area contributed by atoms with Crippen molar-refractivity contribution in [3.05, 3.63) is 20.3 Å². The number of amides is 1. The van der Waals surface area contributed by atoms with Gasteiger partial charge in [-0.3, -0.25) is 19.5 Å². The number of carbonyl (C=O) groups is 2. The van der Waals surface area contributed by atoms with Crippen molar-refractivity contribution in [2.24, 2.45) is 16.8 Å². The summed E-state index contributed by atoms with van der Waals surface area (Å²) < 4.78 is 8.48. The Morgan fingerprint density at radius 1 is 1.05 bits per heavy atom. The molecule has 19 heavy (non-hydrogen) atoms. The maximum absolute atomic E-state index is 12.6. The first-order valence-corrected chi connectivity index (χ1v) is 10.9. The molecule has 98 valence electrons. The topological polar surface area (TPSA) is 49.7 Å². The molecule has 4 heterocycles. The normalized spacial score (nSPS) is 38.9. The summed E-state index contributed by atoms with van der Waals surface area (Å²) in [5, 5.41) is 0. The largest absolute Gasteiger partial charge is 0.290 e. The number of aliphatic imine (C=N–C) groups is 1. The summed E-state index contributed by atoms with van der Waals surface area (Å²) in [6.07, 6.45) is 4.03. The van der Waals surface area contributed by atoms with Crippen molar-refractivity contribution in [2.45, 2.75) is 12.1 Å². The number of ketones is 1. The quantitative estimate of drug-likeness (QED) is 0.493. The summed E-state index contributed by atoms with van der Waals surface area (Å²) in [4.78, 5) is 31.3. The summed E-state index contributed by atoms with van der Waals surface area (Å²) in [6, 6.07) is -0.249. The summed E-state index contributed by atoms with van der Waals surface area (Å²) in [6.45, 7) is 0. The molecule has 1 saturated heterocycles. The van der Waals surface area contributed by atoms with Crippen molar-refractivity contribution in [1.29, 1.82) is 0 Å². The number of Topliss-reactive ketones (excluding diaryl/α,β-unsaturated/α-hetero) is 1. The van der Waals surface area contributed by atoms with Gasteiger partial charge in [-0.25, -0.2) is 0 Å². The van der Waals surface area contributed by atoms with Crippen molar-refractivity contribution < 1.29 is 9.59 Å². The molecular weight excluding hydrogens is 470 g/mol. The molecule has 0 radical (unpaired) electrons. The van der Waals surface area contributed by atoms with Crippen molar-refractivity contribution in [3.8, 4) is 0 Å². The Morgan fingerprint density at radius 2 is 1.79 bits per heavy atom. The summed E-state index contributed by atoms with van der Waals surface area (Å²) in [5.41, 5.74) is 0. The second kappa shape index (κ2) is 4.51. The van der Waals surface area contributed by atoms with E-state index in [1.54, 1.807) is 4.90 Å². The fourth-order valence-electron chi connectivity index (χ4n) is 2.73. The van der Waals surface area contributed by atoms with Crippen LogP contribution in [0.3, 0.4) is 0 Å². The molecule has 0 bridgehead atoms. The number of nitrogens with zero attached hydrogens (tertiary/aromatic N) is 2. The average molecular weight is 480 g/mol. The molecular formula is C13H10I2N2O2. The van der Waals surface area contributed by atoms with Gasteiger partial charge in [0.2, 0.25) is 11.7 Å². The molecule has 4 nitrogen and oxygen atoms in total. The van der Waals surface area contributed by atoms with E-state index in [1.807, 2.05) is 12.2 Å². The monoisotopic (exact) mass is 480 g/mol. The van der Waals surface area contributed by atoms with Gasteiger partial charge in [0.05, 0.1) is 23.9 Å². The van der Waals surface area contributed by atoms with Crippen LogP contribution in [-0.2, 0) is 9.59 Å². The third kappa shape index (κ3) is 1.71. The van der Waals surface area contributed by atoms with Crippen LogP contribution in [-0.4, -0.2) is 42.5 Å². The highest BCUT2D eigenvalue weighted by Gasteiger charge is 2.51. The molecule has 0 N–H and O–H groups in total. The van der Waals surface area contributed by atoms with Crippen LogP contribution in [0.25, 0.3) is 0 Å². The average Bonchev–Trinajstić information content (AvgIpc) is 2.74. The molecule has 1 fully saturated rings. The standard InChI is InChI=1S/C13H10I2N2O2/c18-11-8-6-15-4-2-10(8)17-12(11)16-9-1-3-14-5-7(9)13(17)19/h1-10H. The molecule has 0 aromatic rings. The maximum Gasteiger partial charge on any atom is 0.238 e. The predicted molar refractivity (Wildman–Crippen MR) is 92.3 cm³/mol. The second-order valence-electron chi connectivity index (χ2n) is 4.70. The van der Waals surface area contributed by atoms with E-state index in [4.69, 9.17) is 0 Å². The smallest absolute Gasteiger partial charge is 0.238 e. The predicted octanol–water partition coefficient (Wildman–Crippen LogP) is 1.38. The SMILES string of the molecule is O=C1C2=NC3C=CI=CC3C(=O)N2C2C=CI=CC12. The molecule has 4 unspecified atom stereocenters. The van der Waals surface area contributed by atoms with Gasteiger partial charge in [0.1, 0.15) is 0 Å². The van der Waals surface area contributed by atoms with E-state index in [9.17, 15) is 9.59 Å². The van der Waals surface area contributed by atoms with Crippen LogP contribution >= 0.6 is 41.5 Å². The van der Waals surface area contributed by atoms with Crippen LogP contribution in [0.2, 0.25) is 0 Å². The van der Waals surface area contributed by atoms with Crippen LogP contribution in [0.4, 0.5) is 0 Å². The Bertz CT molecular complexity index is 633. The summed E-state index contributed by atoms with van der Waals surface area (Å²) in [5.74, 6) is 0.219. The van der Waals surface area contributed by atoms with Gasteiger partial charge >= 0.3 is 0 Å². The fourth-order valence-corrected chi connectivity index (χ4v) is 6.92. The van der Waals surface area contributed by atoms with Crippen molar-refractivity contribution in [2.75, 3.05) is 0 Å². The molecule has 4 atom stereocenters. The van der Waals surface area contributed by atoms with Gasteiger partial charge in [-0.2, -0.15) is 0 Å². The summed E-state index contributed by atoms with van der Waals surface area (Å²) in [7, 11) is 0. The number of hydrogen-bond donors (Lipinski definition) is 0. The Morgan fingerprint density at radius 3 is 2.63 bits per heavy atom. The van der Waals surface area contributed by atoms with Gasteiger partial charge in [-0.05, 0) is 16.2 Å². The molecule has 1 amide bonds. The van der Waals surface area contributed by atoms with Gasteiger partial charge in [-0.1, -0.05) is 53.6 Å². The van der Waals surface area contributed by atoms with E-state index in [0.717, 1.165) is 0 Å². The minimum atomic E-state index is -0.144. The Balaban J connectivity index is 1.84. The van der Waals surface area contributed by atoms with Gasteiger partial charge in [-0.15, -0.1) is 0 Å². The third-order valence-corrected chi connectivity index (χ3v) is 7.72. The fraction of sp³-hybridized carbons (Fsp3) is 0.308. The zero-order chi connectivity index (χ0) is 13.0. The van der Waals surface area contributed by atoms with E-state index in [2.05, 4.69) is 21.2 Å². The number of hydrogen-bond acceptors (Lipinski definition) is 3. The molecule has 0 spiro atoms. The van der Waals surface area contributed by atoms with Crippen LogP contribution in [0.1, 0.15) is 0 Å². The number of fused-ring (bicyclic) bond motifs is 4. The number of halogens is 2. The van der Waals surface area contributed by atoms with Gasteiger partial charge in [0.15, 0.2) is 5.84 Å². The summed E-state index contributed by atoms with van der Waals surface area (Å²) >= 11 is -0.280. The van der Waals surface area contributed by atoms with Crippen LogP contribution in [0, 0.1) is 11.8 Å². The lowest BCUT2D eigenvalue weighted by molar-refractivity contribution is -0.131. The first kappa shape index (κ1) is 12.2. The highest BCUT2D eigenvalue weighted by molar-refractivity contribution is 14.2. The zero-order valence-electron chi connectivity index (χ0n) is 9.74. The van der Waals surface area contributed by atoms with E-state index < -0.39 is 0 Å². The number of amidine groups is 1. The molecule has 0 aliphatic carbocycles. The Labute approximate surface area is 130 Å². The molecule has 0 saturated carbocycles. The molecule has 4 aliphatic rings. The first-order chi connectivity index (χ1) is 9.27. The molecule has 4 rings (SSSR count). The first-order valence-electron chi connectivity index (χ1n) is 5.96. The minimum Gasteiger partial charge on any atom is -0.290 e. The number of rotatable bonds is 0. The number of carbonyl (C=O) groups excluding carboxylic acids is 2. The second-order valence-corrected chi connectivity index (χ2v) is 9.01. The third-order valence-electron chi connectivity index (χ3n) is 3.68. The van der Waals surface area contributed by atoms with Crippen LogP contribution < -0.4 is 0 Å². The highest BCUT2D eigenvalue weighted by Crippen LogP contribution is 2.35. The lowest BCUT2D eigenvalue weighted by atomic mass is 9.98. The van der Waals surface area contributed by atoms with Crippen LogP contribution in [0.5, 0.6) is 0 Å². The van der Waals surface area contributed by atoms with E-state index in [1.165, 1.54) is 0 Å². The Hall–Kier alpha value is -0.510. The lowest BCUT2D eigenvalue weighted by Gasteiger charge is -2.33. The minimum absolute atomic E-state index is 0.0366. The molecule has 6 heteroatoms. The van der Waals surface area contributed by atoms with E-state index >= 15 is 0 Å². The highest BCUT2D eigenvalue weighted by atomic mass is 127.